The van der Waals surface area contributed by atoms with E-state index in [0.29, 0.717) is 25.9 Å². The Bertz CT molecular complexity index is 659. The Kier molecular flexibility index (Phi) is 4.27. The largest absolute Gasteiger partial charge is 0.416 e. The molecule has 2 fully saturated rings. The summed E-state index contributed by atoms with van der Waals surface area (Å²) in [5, 5.41) is 2.72. The fourth-order valence-corrected chi connectivity index (χ4v) is 3.49. The Balaban J connectivity index is 1.78. The topological polar surface area (TPSA) is 49.4 Å². The molecule has 4 nitrogen and oxygen atoms in total. The fraction of sp³-hybridized carbons (Fsp3) is 0.529. The zero-order valence-corrected chi connectivity index (χ0v) is 13.3. The van der Waals surface area contributed by atoms with Gasteiger partial charge in [0.05, 0.1) is 5.56 Å². The van der Waals surface area contributed by atoms with Crippen LogP contribution in [-0.4, -0.2) is 35.8 Å². The first-order valence-electron chi connectivity index (χ1n) is 8.09. The van der Waals surface area contributed by atoms with Crippen LogP contribution in [0.1, 0.15) is 36.8 Å². The van der Waals surface area contributed by atoms with Gasteiger partial charge in [0.15, 0.2) is 0 Å². The van der Waals surface area contributed by atoms with Crippen LogP contribution in [0.4, 0.5) is 13.2 Å². The molecule has 1 aromatic rings. The highest BCUT2D eigenvalue weighted by atomic mass is 19.4. The normalized spacial score (nSPS) is 26.9. The molecular formula is C17H19F3N2O2. The van der Waals surface area contributed by atoms with Gasteiger partial charge in [0, 0.05) is 19.0 Å². The SMILES string of the molecule is CC[C@@H]1C(=O)NCCN1C(=O)[C@H]1C[C@H]1c1ccccc1C(F)(F)F. The van der Waals surface area contributed by atoms with Crippen molar-refractivity contribution in [1.29, 1.82) is 0 Å². The van der Waals surface area contributed by atoms with E-state index in [2.05, 4.69) is 5.32 Å². The standard InChI is InChI=1S/C17H19F3N2O2/c1-2-14-15(23)21-7-8-22(14)16(24)12-9-11(12)10-5-3-4-6-13(10)17(18,19)20/h3-6,11-12,14H,2,7-9H2,1H3,(H,21,23)/t11-,12-,14+/m0/s1. The maximum absolute atomic E-state index is 13.1. The third kappa shape index (κ3) is 2.99. The fourth-order valence-electron chi connectivity index (χ4n) is 3.49. The molecule has 0 aromatic heterocycles. The van der Waals surface area contributed by atoms with E-state index in [4.69, 9.17) is 0 Å². The van der Waals surface area contributed by atoms with E-state index in [9.17, 15) is 22.8 Å². The molecular weight excluding hydrogens is 321 g/mol. The van der Waals surface area contributed by atoms with E-state index in [0.717, 1.165) is 6.07 Å². The smallest absolute Gasteiger partial charge is 0.353 e. The summed E-state index contributed by atoms with van der Waals surface area (Å²) in [4.78, 5) is 26.1. The maximum Gasteiger partial charge on any atom is 0.416 e. The van der Waals surface area contributed by atoms with Crippen molar-refractivity contribution < 1.29 is 22.8 Å². The zero-order chi connectivity index (χ0) is 17.5. The van der Waals surface area contributed by atoms with Crippen LogP contribution >= 0.6 is 0 Å². The molecule has 1 saturated carbocycles. The third-order valence-corrected chi connectivity index (χ3v) is 4.77. The number of halogens is 3. The Morgan fingerprint density at radius 2 is 2.04 bits per heavy atom. The number of carbonyl (C=O) groups excluding carboxylic acids is 2. The molecule has 3 atom stereocenters. The quantitative estimate of drug-likeness (QED) is 0.919. The van der Waals surface area contributed by atoms with Crippen LogP contribution in [-0.2, 0) is 15.8 Å². The first-order valence-corrected chi connectivity index (χ1v) is 8.09. The van der Waals surface area contributed by atoms with Gasteiger partial charge in [0.2, 0.25) is 11.8 Å². The minimum atomic E-state index is -4.43. The molecule has 2 aliphatic rings. The van der Waals surface area contributed by atoms with Crippen LogP contribution < -0.4 is 5.32 Å². The highest BCUT2D eigenvalue weighted by Gasteiger charge is 2.50. The lowest BCUT2D eigenvalue weighted by Crippen LogP contribution is -2.57. The molecule has 1 aliphatic heterocycles. The highest BCUT2D eigenvalue weighted by molar-refractivity contribution is 5.91. The number of nitrogens with one attached hydrogen (secondary N) is 1. The van der Waals surface area contributed by atoms with E-state index in [-0.39, 0.29) is 17.4 Å². The van der Waals surface area contributed by atoms with Crippen LogP contribution in [0, 0.1) is 5.92 Å². The summed E-state index contributed by atoms with van der Waals surface area (Å²) < 4.78 is 39.4. The van der Waals surface area contributed by atoms with Gasteiger partial charge in [0.1, 0.15) is 6.04 Å². The molecule has 0 bridgehead atoms. The lowest BCUT2D eigenvalue weighted by molar-refractivity contribution is -0.144. The van der Waals surface area contributed by atoms with Gasteiger partial charge in [0.25, 0.3) is 0 Å². The van der Waals surface area contributed by atoms with Gasteiger partial charge in [-0.2, -0.15) is 13.2 Å². The van der Waals surface area contributed by atoms with Crippen molar-refractivity contribution in [3.05, 3.63) is 35.4 Å². The van der Waals surface area contributed by atoms with Crippen molar-refractivity contribution in [2.75, 3.05) is 13.1 Å². The summed E-state index contributed by atoms with van der Waals surface area (Å²) in [7, 11) is 0. The second kappa shape index (κ2) is 6.11. The third-order valence-electron chi connectivity index (χ3n) is 4.77. The number of rotatable bonds is 3. The molecule has 1 aromatic carbocycles. The van der Waals surface area contributed by atoms with Crippen LogP contribution in [0.25, 0.3) is 0 Å². The molecule has 1 aliphatic carbocycles. The number of benzene rings is 1. The number of piperazine rings is 1. The van der Waals surface area contributed by atoms with Gasteiger partial charge in [-0.15, -0.1) is 0 Å². The first kappa shape index (κ1) is 16.8. The van der Waals surface area contributed by atoms with Crippen LogP contribution in [0.5, 0.6) is 0 Å². The average Bonchev–Trinajstić information content (AvgIpc) is 3.33. The van der Waals surface area contributed by atoms with Crippen LogP contribution in [0.15, 0.2) is 24.3 Å². The van der Waals surface area contributed by atoms with Gasteiger partial charge in [-0.1, -0.05) is 25.1 Å². The van der Waals surface area contributed by atoms with Crippen molar-refractivity contribution in [3.63, 3.8) is 0 Å². The van der Waals surface area contributed by atoms with E-state index in [1.165, 1.54) is 17.0 Å². The lowest BCUT2D eigenvalue weighted by Gasteiger charge is -2.34. The molecule has 1 heterocycles. The van der Waals surface area contributed by atoms with Crippen molar-refractivity contribution in [3.8, 4) is 0 Å². The predicted molar refractivity (Wildman–Crippen MR) is 81.1 cm³/mol. The van der Waals surface area contributed by atoms with Crippen molar-refractivity contribution in [2.24, 2.45) is 5.92 Å². The van der Waals surface area contributed by atoms with Crippen LogP contribution in [0.2, 0.25) is 0 Å². The number of nitrogens with zero attached hydrogens (tertiary/aromatic N) is 1. The van der Waals surface area contributed by atoms with E-state index in [1.807, 2.05) is 6.92 Å². The summed E-state index contributed by atoms with van der Waals surface area (Å²) >= 11 is 0. The van der Waals surface area contributed by atoms with Crippen molar-refractivity contribution in [2.45, 2.75) is 37.9 Å². The summed E-state index contributed by atoms with van der Waals surface area (Å²) in [6, 6.07) is 4.89. The number of amides is 2. The van der Waals surface area contributed by atoms with Crippen molar-refractivity contribution >= 4 is 11.8 Å². The molecule has 0 unspecified atom stereocenters. The van der Waals surface area contributed by atoms with Crippen molar-refractivity contribution in [1.82, 2.24) is 10.2 Å². The number of hydrogen-bond donors (Lipinski definition) is 1. The highest BCUT2D eigenvalue weighted by Crippen LogP contribution is 2.52. The molecule has 1 saturated heterocycles. The van der Waals surface area contributed by atoms with E-state index in [1.54, 1.807) is 6.07 Å². The molecule has 0 radical (unpaired) electrons. The second-order valence-electron chi connectivity index (χ2n) is 6.28. The molecule has 0 spiro atoms. The minimum absolute atomic E-state index is 0.179. The summed E-state index contributed by atoms with van der Waals surface area (Å²) in [6.45, 7) is 2.62. The predicted octanol–water partition coefficient (Wildman–Crippen LogP) is 2.55. The maximum atomic E-state index is 13.1. The average molecular weight is 340 g/mol. The van der Waals surface area contributed by atoms with Gasteiger partial charge >= 0.3 is 6.18 Å². The summed E-state index contributed by atoms with van der Waals surface area (Å²) in [5.41, 5.74) is -0.494. The lowest BCUT2D eigenvalue weighted by atomic mass is 10.0. The Morgan fingerprint density at radius 3 is 2.71 bits per heavy atom. The molecule has 130 valence electrons. The monoisotopic (exact) mass is 340 g/mol. The number of hydrogen-bond acceptors (Lipinski definition) is 2. The van der Waals surface area contributed by atoms with E-state index >= 15 is 0 Å². The Hall–Kier alpha value is -2.05. The van der Waals surface area contributed by atoms with Crippen LogP contribution in [0.3, 0.4) is 0 Å². The van der Waals surface area contributed by atoms with Gasteiger partial charge in [-0.3, -0.25) is 9.59 Å². The molecule has 3 rings (SSSR count). The minimum Gasteiger partial charge on any atom is -0.353 e. The molecule has 2 amide bonds. The Morgan fingerprint density at radius 1 is 1.33 bits per heavy atom. The first-order chi connectivity index (χ1) is 11.3. The number of alkyl halides is 3. The van der Waals surface area contributed by atoms with Gasteiger partial charge in [-0.25, -0.2) is 0 Å². The molecule has 1 N–H and O–H groups in total. The Labute approximate surface area is 138 Å². The summed E-state index contributed by atoms with van der Waals surface area (Å²) in [5.74, 6) is -1.28. The molecule has 24 heavy (non-hydrogen) atoms. The van der Waals surface area contributed by atoms with E-state index < -0.39 is 29.6 Å². The number of carbonyl (C=O) groups is 2. The summed E-state index contributed by atoms with van der Waals surface area (Å²) in [6.07, 6.45) is -3.53. The second-order valence-corrected chi connectivity index (χ2v) is 6.28. The molecule has 7 heteroatoms. The van der Waals surface area contributed by atoms with Gasteiger partial charge in [-0.05, 0) is 30.4 Å². The zero-order valence-electron chi connectivity index (χ0n) is 13.3. The van der Waals surface area contributed by atoms with Gasteiger partial charge < -0.3 is 10.2 Å².